The van der Waals surface area contributed by atoms with Crippen molar-refractivity contribution in [3.05, 3.63) is 48.0 Å². The summed E-state index contributed by atoms with van der Waals surface area (Å²) in [6.07, 6.45) is 1.71. The molecule has 1 aliphatic rings. The van der Waals surface area contributed by atoms with E-state index in [9.17, 15) is 9.90 Å². The standard InChI is InChI=1S/C23H29N5O3/c1-23(2,3)28-12-10-27(11-13-28)15-19-24-9-8-20(25-19)31-18-7-5-6-16-14-17(22(29)30)26(4)21(16)18/h5-9,14H,10-13,15H2,1-4H3,(H,29,30). The van der Waals surface area contributed by atoms with Gasteiger partial charge < -0.3 is 14.4 Å². The Morgan fingerprint density at radius 1 is 1.16 bits per heavy atom. The van der Waals surface area contributed by atoms with E-state index in [0.717, 1.165) is 37.1 Å². The van der Waals surface area contributed by atoms with Crippen molar-refractivity contribution in [3.8, 4) is 11.6 Å². The van der Waals surface area contributed by atoms with Gasteiger partial charge in [-0.1, -0.05) is 12.1 Å². The van der Waals surface area contributed by atoms with Gasteiger partial charge in [0.25, 0.3) is 0 Å². The fourth-order valence-corrected chi connectivity index (χ4v) is 4.07. The summed E-state index contributed by atoms with van der Waals surface area (Å²) in [5.41, 5.74) is 1.12. The van der Waals surface area contributed by atoms with Gasteiger partial charge in [0.15, 0.2) is 5.75 Å². The number of ether oxygens (including phenoxy) is 1. The van der Waals surface area contributed by atoms with Crippen LogP contribution in [0.3, 0.4) is 0 Å². The number of rotatable bonds is 5. The Bertz CT molecular complexity index is 1090. The molecule has 1 aliphatic heterocycles. The molecule has 8 nitrogen and oxygen atoms in total. The highest BCUT2D eigenvalue weighted by molar-refractivity contribution is 5.96. The Hall–Kier alpha value is -2.97. The second kappa shape index (κ2) is 8.28. The Kier molecular flexibility index (Phi) is 5.68. The van der Waals surface area contributed by atoms with Crippen LogP contribution in [0.15, 0.2) is 36.5 Å². The number of piperazine rings is 1. The van der Waals surface area contributed by atoms with Gasteiger partial charge in [0.2, 0.25) is 5.88 Å². The monoisotopic (exact) mass is 423 g/mol. The predicted octanol–water partition coefficient (Wildman–Crippen LogP) is 3.37. The summed E-state index contributed by atoms with van der Waals surface area (Å²) in [5.74, 6) is 0.757. The molecule has 3 heterocycles. The number of hydrogen-bond donors (Lipinski definition) is 1. The second-order valence-corrected chi connectivity index (χ2v) is 8.93. The smallest absolute Gasteiger partial charge is 0.352 e. The van der Waals surface area contributed by atoms with Crippen LogP contribution >= 0.6 is 0 Å². The first kappa shape index (κ1) is 21.3. The van der Waals surface area contributed by atoms with Gasteiger partial charge in [-0.25, -0.2) is 9.78 Å². The number of para-hydroxylation sites is 1. The zero-order valence-electron chi connectivity index (χ0n) is 18.5. The average Bonchev–Trinajstić information content (AvgIpc) is 3.06. The van der Waals surface area contributed by atoms with Crippen LogP contribution in [0.1, 0.15) is 37.1 Å². The number of aryl methyl sites for hydroxylation is 1. The average molecular weight is 424 g/mol. The van der Waals surface area contributed by atoms with Gasteiger partial charge in [-0.15, -0.1) is 0 Å². The molecule has 3 aromatic rings. The molecule has 1 aromatic carbocycles. The third-order valence-electron chi connectivity index (χ3n) is 5.82. The lowest BCUT2D eigenvalue weighted by atomic mass is 10.1. The van der Waals surface area contributed by atoms with Gasteiger partial charge in [-0.2, -0.15) is 4.98 Å². The highest BCUT2D eigenvalue weighted by Gasteiger charge is 2.26. The number of carbonyl (C=O) groups is 1. The summed E-state index contributed by atoms with van der Waals surface area (Å²) in [6, 6.07) is 8.91. The van der Waals surface area contributed by atoms with Crippen molar-refractivity contribution in [2.24, 2.45) is 7.05 Å². The van der Waals surface area contributed by atoms with Gasteiger partial charge in [-0.3, -0.25) is 9.80 Å². The molecule has 0 radical (unpaired) electrons. The van der Waals surface area contributed by atoms with Crippen LogP contribution in [0.2, 0.25) is 0 Å². The Balaban J connectivity index is 1.49. The Labute approximate surface area is 182 Å². The van der Waals surface area contributed by atoms with Crippen molar-refractivity contribution < 1.29 is 14.6 Å². The number of aromatic nitrogens is 3. The van der Waals surface area contributed by atoms with Crippen molar-refractivity contribution in [2.75, 3.05) is 26.2 Å². The molecule has 8 heteroatoms. The summed E-state index contributed by atoms with van der Waals surface area (Å²) in [5, 5.41) is 10.2. The molecule has 0 bridgehead atoms. The Morgan fingerprint density at radius 3 is 2.58 bits per heavy atom. The van der Waals surface area contributed by atoms with Crippen LogP contribution < -0.4 is 4.74 Å². The zero-order valence-corrected chi connectivity index (χ0v) is 18.5. The number of hydrogen-bond acceptors (Lipinski definition) is 6. The number of carboxylic acids is 1. The highest BCUT2D eigenvalue weighted by Crippen LogP contribution is 2.31. The summed E-state index contributed by atoms with van der Waals surface area (Å²) in [7, 11) is 1.72. The molecule has 31 heavy (non-hydrogen) atoms. The van der Waals surface area contributed by atoms with E-state index in [-0.39, 0.29) is 11.2 Å². The third kappa shape index (κ3) is 4.55. The van der Waals surface area contributed by atoms with E-state index in [2.05, 4.69) is 40.5 Å². The maximum atomic E-state index is 11.5. The largest absolute Gasteiger partial charge is 0.477 e. The van der Waals surface area contributed by atoms with Gasteiger partial charge in [0, 0.05) is 56.4 Å². The maximum Gasteiger partial charge on any atom is 0.352 e. The lowest BCUT2D eigenvalue weighted by Crippen LogP contribution is -2.53. The number of carboxylic acid groups (broad SMARTS) is 1. The summed E-state index contributed by atoms with van der Waals surface area (Å²) in [6.45, 7) is 11.4. The van der Waals surface area contributed by atoms with E-state index < -0.39 is 5.97 Å². The molecule has 0 amide bonds. The van der Waals surface area contributed by atoms with Gasteiger partial charge >= 0.3 is 5.97 Å². The summed E-state index contributed by atoms with van der Waals surface area (Å²) in [4.78, 5) is 25.4. The molecule has 2 aromatic heterocycles. The van der Waals surface area contributed by atoms with E-state index >= 15 is 0 Å². The molecular formula is C23H29N5O3. The first-order valence-corrected chi connectivity index (χ1v) is 10.5. The SMILES string of the molecule is Cn1c(C(=O)O)cc2cccc(Oc3ccnc(CN4CCN(C(C)(C)C)CC4)n3)c21. The first-order valence-electron chi connectivity index (χ1n) is 10.5. The van der Waals surface area contributed by atoms with E-state index in [0.29, 0.717) is 24.0 Å². The van der Waals surface area contributed by atoms with Crippen molar-refractivity contribution in [2.45, 2.75) is 32.9 Å². The summed E-state index contributed by atoms with van der Waals surface area (Å²) >= 11 is 0. The predicted molar refractivity (Wildman–Crippen MR) is 119 cm³/mol. The van der Waals surface area contributed by atoms with Crippen molar-refractivity contribution in [1.29, 1.82) is 0 Å². The minimum atomic E-state index is -0.972. The molecule has 1 fully saturated rings. The number of nitrogens with zero attached hydrogens (tertiary/aromatic N) is 5. The quantitative estimate of drug-likeness (QED) is 0.673. The molecule has 0 saturated carbocycles. The van der Waals surface area contributed by atoms with Crippen LogP contribution in [0.4, 0.5) is 0 Å². The second-order valence-electron chi connectivity index (χ2n) is 8.93. The molecule has 164 valence electrons. The van der Waals surface area contributed by atoms with Crippen LogP contribution in [0.5, 0.6) is 11.6 Å². The molecular weight excluding hydrogens is 394 g/mol. The fourth-order valence-electron chi connectivity index (χ4n) is 4.07. The number of benzene rings is 1. The lowest BCUT2D eigenvalue weighted by molar-refractivity contribution is 0.0579. The van der Waals surface area contributed by atoms with Crippen LogP contribution in [-0.4, -0.2) is 67.1 Å². The lowest BCUT2D eigenvalue weighted by Gasteiger charge is -2.42. The van der Waals surface area contributed by atoms with Gasteiger partial charge in [-0.05, 0) is 32.9 Å². The van der Waals surface area contributed by atoms with Crippen LogP contribution in [-0.2, 0) is 13.6 Å². The Morgan fingerprint density at radius 2 is 1.90 bits per heavy atom. The van der Waals surface area contributed by atoms with Crippen molar-refractivity contribution in [3.63, 3.8) is 0 Å². The van der Waals surface area contributed by atoms with E-state index in [4.69, 9.17) is 4.74 Å². The van der Waals surface area contributed by atoms with E-state index in [1.807, 2.05) is 18.2 Å². The maximum absolute atomic E-state index is 11.5. The van der Waals surface area contributed by atoms with E-state index in [1.54, 1.807) is 29.9 Å². The topological polar surface area (TPSA) is 83.7 Å². The molecule has 0 atom stereocenters. The minimum absolute atomic E-state index is 0.189. The van der Waals surface area contributed by atoms with E-state index in [1.165, 1.54) is 0 Å². The first-order chi connectivity index (χ1) is 14.7. The summed E-state index contributed by atoms with van der Waals surface area (Å²) < 4.78 is 7.69. The van der Waals surface area contributed by atoms with Crippen molar-refractivity contribution >= 4 is 16.9 Å². The molecule has 0 aliphatic carbocycles. The van der Waals surface area contributed by atoms with Crippen molar-refractivity contribution in [1.82, 2.24) is 24.3 Å². The highest BCUT2D eigenvalue weighted by atomic mass is 16.5. The van der Waals surface area contributed by atoms with Crippen LogP contribution in [0.25, 0.3) is 10.9 Å². The number of aromatic carboxylic acids is 1. The minimum Gasteiger partial charge on any atom is -0.477 e. The molecule has 1 saturated heterocycles. The fraction of sp³-hybridized carbons (Fsp3) is 0.435. The number of fused-ring (bicyclic) bond motifs is 1. The van der Waals surface area contributed by atoms with Crippen LogP contribution in [0, 0.1) is 0 Å². The van der Waals surface area contributed by atoms with Gasteiger partial charge in [0.1, 0.15) is 11.5 Å². The molecule has 0 unspecified atom stereocenters. The van der Waals surface area contributed by atoms with Gasteiger partial charge in [0.05, 0.1) is 12.1 Å². The molecule has 4 rings (SSSR count). The molecule has 0 spiro atoms. The normalized spacial score (nSPS) is 16.0. The molecule has 1 N–H and O–H groups in total. The zero-order chi connectivity index (χ0) is 22.2. The third-order valence-corrected chi connectivity index (χ3v) is 5.82.